The van der Waals surface area contributed by atoms with E-state index in [-0.39, 0.29) is 6.10 Å². The molecule has 1 aliphatic rings. The highest BCUT2D eigenvalue weighted by atomic mass is 16.6. The summed E-state index contributed by atoms with van der Waals surface area (Å²) in [6.45, 7) is 3.47. The Morgan fingerprint density at radius 1 is 1.83 bits per heavy atom. The van der Waals surface area contributed by atoms with Gasteiger partial charge in [0.05, 0.1) is 7.11 Å². The van der Waals surface area contributed by atoms with Crippen LogP contribution in [0.3, 0.4) is 0 Å². The van der Waals surface area contributed by atoms with Crippen LogP contribution < -0.4 is 0 Å². The Hall–Kier alpha value is -1.32. The first kappa shape index (κ1) is 8.77. The summed E-state index contributed by atoms with van der Waals surface area (Å²) in [6.07, 6.45) is 1.50. The molecule has 0 aliphatic carbocycles. The van der Waals surface area contributed by atoms with Crippen molar-refractivity contribution in [1.82, 2.24) is 0 Å². The van der Waals surface area contributed by atoms with Gasteiger partial charge in [0.2, 0.25) is 0 Å². The quantitative estimate of drug-likeness (QED) is 0.339. The zero-order chi connectivity index (χ0) is 9.14. The highest BCUT2D eigenvalue weighted by Crippen LogP contribution is 2.22. The standard InChI is InChI=1S/C8H10O4/c1-3-5-4-6(7(9)11-2)8(10)12-5/h3,5-6H,1,4H2,2H3/t5-,6+/m0/s1. The summed E-state index contributed by atoms with van der Waals surface area (Å²) in [6, 6.07) is 0. The first-order valence-corrected chi connectivity index (χ1v) is 3.60. The molecule has 0 amide bonds. The second-order valence-corrected chi connectivity index (χ2v) is 2.52. The SMILES string of the molecule is C=C[C@H]1C[C@H](C(=O)OC)C(=O)O1. The van der Waals surface area contributed by atoms with Crippen LogP contribution in [0.25, 0.3) is 0 Å². The van der Waals surface area contributed by atoms with Crippen LogP contribution in [0.5, 0.6) is 0 Å². The van der Waals surface area contributed by atoms with Gasteiger partial charge in [0.15, 0.2) is 5.92 Å². The smallest absolute Gasteiger partial charge is 0.321 e. The fourth-order valence-corrected chi connectivity index (χ4v) is 1.09. The molecule has 1 aliphatic heterocycles. The van der Waals surface area contributed by atoms with E-state index in [9.17, 15) is 9.59 Å². The normalized spacial score (nSPS) is 27.9. The molecule has 0 bridgehead atoms. The molecule has 0 aromatic rings. The van der Waals surface area contributed by atoms with Crippen LogP contribution in [0.2, 0.25) is 0 Å². The number of methoxy groups -OCH3 is 1. The van der Waals surface area contributed by atoms with Gasteiger partial charge in [0, 0.05) is 6.42 Å². The third-order valence-corrected chi connectivity index (χ3v) is 1.77. The zero-order valence-electron chi connectivity index (χ0n) is 6.78. The molecule has 12 heavy (non-hydrogen) atoms. The summed E-state index contributed by atoms with van der Waals surface area (Å²) >= 11 is 0. The first-order chi connectivity index (χ1) is 5.69. The van der Waals surface area contributed by atoms with Gasteiger partial charge in [-0.25, -0.2) is 0 Å². The number of hydrogen-bond donors (Lipinski definition) is 0. The maximum Gasteiger partial charge on any atom is 0.321 e. The lowest BCUT2D eigenvalue weighted by Crippen LogP contribution is -2.20. The Morgan fingerprint density at radius 3 is 2.92 bits per heavy atom. The second kappa shape index (κ2) is 3.38. The van der Waals surface area contributed by atoms with Gasteiger partial charge in [-0.15, -0.1) is 0 Å². The molecule has 0 saturated carbocycles. The highest BCUT2D eigenvalue weighted by molar-refractivity contribution is 5.96. The van der Waals surface area contributed by atoms with Crippen LogP contribution in [-0.2, 0) is 19.1 Å². The summed E-state index contributed by atoms with van der Waals surface area (Å²) in [5.74, 6) is -1.82. The first-order valence-electron chi connectivity index (χ1n) is 3.60. The van der Waals surface area contributed by atoms with E-state index in [1.807, 2.05) is 0 Å². The molecule has 66 valence electrons. The van der Waals surface area contributed by atoms with E-state index < -0.39 is 17.9 Å². The molecule has 0 unspecified atom stereocenters. The van der Waals surface area contributed by atoms with Crippen molar-refractivity contribution in [2.45, 2.75) is 12.5 Å². The van der Waals surface area contributed by atoms with Gasteiger partial charge in [-0.05, 0) is 0 Å². The minimum atomic E-state index is -0.766. The average Bonchev–Trinajstić information content (AvgIpc) is 2.45. The average molecular weight is 170 g/mol. The van der Waals surface area contributed by atoms with E-state index in [4.69, 9.17) is 4.74 Å². The van der Waals surface area contributed by atoms with Gasteiger partial charge in [-0.2, -0.15) is 0 Å². The van der Waals surface area contributed by atoms with Gasteiger partial charge in [-0.3, -0.25) is 9.59 Å². The zero-order valence-corrected chi connectivity index (χ0v) is 6.78. The van der Waals surface area contributed by atoms with Crippen molar-refractivity contribution in [3.8, 4) is 0 Å². The fraction of sp³-hybridized carbons (Fsp3) is 0.500. The predicted molar refractivity (Wildman–Crippen MR) is 40.2 cm³/mol. The van der Waals surface area contributed by atoms with E-state index in [0.717, 1.165) is 0 Å². The molecule has 2 atom stereocenters. The van der Waals surface area contributed by atoms with E-state index in [2.05, 4.69) is 11.3 Å². The fourth-order valence-electron chi connectivity index (χ4n) is 1.09. The number of hydrogen-bond acceptors (Lipinski definition) is 4. The summed E-state index contributed by atoms with van der Waals surface area (Å²) in [4.78, 5) is 21.9. The minimum Gasteiger partial charge on any atom is -0.468 e. The maximum absolute atomic E-state index is 11.0. The Kier molecular flexibility index (Phi) is 2.47. The number of carbonyl (C=O) groups excluding carboxylic acids is 2. The monoisotopic (exact) mass is 170 g/mol. The molecular formula is C8H10O4. The summed E-state index contributed by atoms with van der Waals surface area (Å²) in [5, 5.41) is 0. The van der Waals surface area contributed by atoms with Crippen LogP contribution in [-0.4, -0.2) is 25.2 Å². The van der Waals surface area contributed by atoms with Crippen LogP contribution in [0, 0.1) is 5.92 Å². The topological polar surface area (TPSA) is 52.6 Å². The van der Waals surface area contributed by atoms with E-state index in [0.29, 0.717) is 6.42 Å². The molecule has 4 nitrogen and oxygen atoms in total. The highest BCUT2D eigenvalue weighted by Gasteiger charge is 2.38. The number of esters is 2. The van der Waals surface area contributed by atoms with Crippen molar-refractivity contribution in [3.63, 3.8) is 0 Å². The largest absolute Gasteiger partial charge is 0.468 e. The van der Waals surface area contributed by atoms with Crippen molar-refractivity contribution in [2.24, 2.45) is 5.92 Å². The summed E-state index contributed by atoms with van der Waals surface area (Å²) in [7, 11) is 1.25. The molecule has 4 heteroatoms. The molecule has 0 N–H and O–H groups in total. The molecule has 0 aromatic heterocycles. The Labute approximate surface area is 70.1 Å². The second-order valence-electron chi connectivity index (χ2n) is 2.52. The van der Waals surface area contributed by atoms with Gasteiger partial charge in [-0.1, -0.05) is 12.7 Å². The van der Waals surface area contributed by atoms with Crippen molar-refractivity contribution < 1.29 is 19.1 Å². The number of carbonyl (C=O) groups is 2. The van der Waals surface area contributed by atoms with Crippen LogP contribution in [0.1, 0.15) is 6.42 Å². The van der Waals surface area contributed by atoms with E-state index >= 15 is 0 Å². The third kappa shape index (κ3) is 1.47. The van der Waals surface area contributed by atoms with Gasteiger partial charge in [0.1, 0.15) is 6.10 Å². The lowest BCUT2D eigenvalue weighted by atomic mass is 10.1. The molecular weight excluding hydrogens is 160 g/mol. The van der Waals surface area contributed by atoms with Gasteiger partial charge >= 0.3 is 11.9 Å². The number of rotatable bonds is 2. The molecule has 0 aromatic carbocycles. The number of ether oxygens (including phenoxy) is 2. The molecule has 0 spiro atoms. The van der Waals surface area contributed by atoms with Crippen LogP contribution in [0.4, 0.5) is 0 Å². The third-order valence-electron chi connectivity index (χ3n) is 1.77. The van der Waals surface area contributed by atoms with Crippen molar-refractivity contribution >= 4 is 11.9 Å². The Bertz CT molecular complexity index is 221. The summed E-state index contributed by atoms with van der Waals surface area (Å²) < 4.78 is 9.21. The summed E-state index contributed by atoms with van der Waals surface area (Å²) in [5.41, 5.74) is 0. The van der Waals surface area contributed by atoms with Gasteiger partial charge < -0.3 is 9.47 Å². The van der Waals surface area contributed by atoms with E-state index in [1.54, 1.807) is 0 Å². The molecule has 1 rings (SSSR count). The van der Waals surface area contributed by atoms with E-state index in [1.165, 1.54) is 13.2 Å². The minimum absolute atomic E-state index is 0.342. The van der Waals surface area contributed by atoms with Crippen molar-refractivity contribution in [1.29, 1.82) is 0 Å². The van der Waals surface area contributed by atoms with Gasteiger partial charge in [0.25, 0.3) is 0 Å². The van der Waals surface area contributed by atoms with Crippen molar-refractivity contribution in [3.05, 3.63) is 12.7 Å². The van der Waals surface area contributed by atoms with Crippen molar-refractivity contribution in [2.75, 3.05) is 7.11 Å². The molecule has 1 fully saturated rings. The lowest BCUT2D eigenvalue weighted by Gasteiger charge is -2.00. The lowest BCUT2D eigenvalue weighted by molar-refractivity contribution is -0.154. The predicted octanol–water partition coefficient (Wildman–Crippen LogP) is 0.277. The van der Waals surface area contributed by atoms with Crippen LogP contribution >= 0.6 is 0 Å². The maximum atomic E-state index is 11.0. The Balaban J connectivity index is 2.63. The molecule has 1 saturated heterocycles. The Morgan fingerprint density at radius 2 is 2.50 bits per heavy atom. The van der Waals surface area contributed by atoms with Crippen LogP contribution in [0.15, 0.2) is 12.7 Å². The molecule has 0 radical (unpaired) electrons. The number of cyclic esters (lactones) is 1. The molecule has 1 heterocycles.